The highest BCUT2D eigenvalue weighted by Crippen LogP contribution is 2.29. The molecule has 552 valence electrons. The van der Waals surface area contributed by atoms with E-state index in [0.29, 0.717) is 142 Å². The highest BCUT2D eigenvalue weighted by molar-refractivity contribution is 5.92. The van der Waals surface area contributed by atoms with Crippen LogP contribution in [-0.4, -0.2) is 246 Å². The maximum atomic E-state index is 14.4. The number of aliphatic hydroxyl groups excluding tert-OH is 9. The van der Waals surface area contributed by atoms with Crippen molar-refractivity contribution in [2.45, 2.75) is 293 Å². The number of Topliss-reactive ketones (excluding diaryl/α,β-unsaturated/α-hetero) is 2. The summed E-state index contributed by atoms with van der Waals surface area (Å²) in [6.07, 6.45) is 2.75. The number of hydrogen-bond acceptors (Lipinski definition) is 23. The average molecular weight is 1360 g/mol. The number of carbonyl (C=O) groups is 7. The second kappa shape index (κ2) is 50.4. The van der Waals surface area contributed by atoms with Gasteiger partial charge in [-0.05, 0) is 96.3 Å². The SMILES string of the molecule is COCCCCCCCC(=O)CCCCCNC(=O)C(CCCCNC(=O)CCCCCO[C@@H]1OC(CO)[C@H](O)[C@H](O)C1NC(C)=O)CC(=O)C(CCCCNC(=O)CCCCCO[C@@H]1OC(CO)[C@H](O)[C@H](O)C1C)NC(=O)CCCCCO[C@@H]1OC(CO)[C@H](O)[C@H](O)C1C. The lowest BCUT2D eigenvalue weighted by Crippen LogP contribution is -2.64. The Kier molecular flexibility index (Phi) is 45.2. The predicted molar refractivity (Wildman–Crippen MR) is 347 cm³/mol. The Morgan fingerprint density at radius 3 is 1.32 bits per heavy atom. The third-order valence-electron chi connectivity index (χ3n) is 17.9. The van der Waals surface area contributed by atoms with Crippen LogP contribution < -0.4 is 26.6 Å². The first kappa shape index (κ1) is 85.3. The van der Waals surface area contributed by atoms with Crippen LogP contribution in [0.25, 0.3) is 0 Å². The lowest BCUT2D eigenvalue weighted by atomic mass is 9.91. The molecule has 8 unspecified atom stereocenters. The molecule has 28 nitrogen and oxygen atoms in total. The molecule has 3 fully saturated rings. The molecule has 3 aliphatic heterocycles. The molecule has 5 amide bonds. The lowest BCUT2D eigenvalue weighted by molar-refractivity contribution is -0.282. The van der Waals surface area contributed by atoms with Gasteiger partial charge in [-0.2, -0.15) is 0 Å². The van der Waals surface area contributed by atoms with E-state index in [9.17, 15) is 79.5 Å². The molecule has 0 aromatic heterocycles. The number of amides is 5. The Balaban J connectivity index is 1.57. The van der Waals surface area contributed by atoms with Gasteiger partial charge in [0.25, 0.3) is 0 Å². The summed E-state index contributed by atoms with van der Waals surface area (Å²) < 4.78 is 39.4. The highest BCUT2D eigenvalue weighted by atomic mass is 16.7. The second-order valence-electron chi connectivity index (χ2n) is 25.9. The normalized spacial score (nSPS) is 26.7. The van der Waals surface area contributed by atoms with E-state index < -0.39 is 129 Å². The van der Waals surface area contributed by atoms with Crippen molar-refractivity contribution in [1.82, 2.24) is 26.6 Å². The topological polar surface area (TPSA) is 426 Å². The van der Waals surface area contributed by atoms with E-state index in [1.54, 1.807) is 21.0 Å². The summed E-state index contributed by atoms with van der Waals surface area (Å²) in [6.45, 7) is 5.51. The quantitative estimate of drug-likeness (QED) is 0.0385. The standard InChI is InChI=1S/C67H121N5O23/c1-44-58(82)60(84)51(41-73)93-65(44)90-37-23-9-14-30-55(80)69-34-21-18-29-49(72-56(81)32-16-11-24-38-91-66-45(2)59(83)61(85)52(42-74)94-66)50(78)40-47(64(88)70-35-19-8-13-28-48(77)27-12-6-5-7-22-36-89-4)26-17-20-33-68-54(79)31-15-10-25-39-92-67-57(71-46(3)76)63(87)62(86)53(43-75)95-67/h44-45,47,49,51-53,57-63,65-67,73-75,82-87H,5-43H2,1-4H3,(H,68,79)(H,69,80)(H,70,88)(H,71,76)(H,72,81)/t44?,45?,47?,49?,51?,52?,53?,57?,58-,59-,60+,61+,62+,63-,65-,66-,67-/m1/s1. The van der Waals surface area contributed by atoms with Crippen molar-refractivity contribution in [3.8, 4) is 0 Å². The van der Waals surface area contributed by atoms with Crippen LogP contribution in [0.2, 0.25) is 0 Å². The van der Waals surface area contributed by atoms with Gasteiger partial charge in [-0.25, -0.2) is 0 Å². The van der Waals surface area contributed by atoms with E-state index in [1.165, 1.54) is 6.92 Å². The number of methoxy groups -OCH3 is 1. The molecular formula is C67H121N5O23. The molecular weight excluding hydrogens is 1240 g/mol. The number of aliphatic hydroxyl groups is 9. The van der Waals surface area contributed by atoms with Crippen LogP contribution in [0.5, 0.6) is 0 Å². The molecule has 0 spiro atoms. The second-order valence-corrected chi connectivity index (χ2v) is 25.9. The summed E-state index contributed by atoms with van der Waals surface area (Å²) >= 11 is 0. The molecule has 17 atom stereocenters. The number of unbranched alkanes of at least 4 members (excludes halogenated alkanes) is 14. The molecule has 28 heteroatoms. The zero-order chi connectivity index (χ0) is 69.9. The fraction of sp³-hybridized carbons (Fsp3) is 0.896. The van der Waals surface area contributed by atoms with E-state index in [1.807, 2.05) is 0 Å². The minimum atomic E-state index is -1.43. The first-order chi connectivity index (χ1) is 45.7. The molecule has 3 aliphatic rings. The van der Waals surface area contributed by atoms with Gasteiger partial charge in [0.15, 0.2) is 24.7 Å². The predicted octanol–water partition coefficient (Wildman–Crippen LogP) is 1.68. The van der Waals surface area contributed by atoms with Crippen molar-refractivity contribution in [2.24, 2.45) is 17.8 Å². The Morgan fingerprint density at radius 1 is 0.432 bits per heavy atom. The van der Waals surface area contributed by atoms with E-state index in [4.69, 9.17) is 33.2 Å². The molecule has 14 N–H and O–H groups in total. The number of nitrogens with one attached hydrogen (secondary N) is 5. The first-order valence-corrected chi connectivity index (χ1v) is 35.3. The maximum absolute atomic E-state index is 14.4. The molecule has 3 rings (SSSR count). The lowest BCUT2D eigenvalue weighted by Gasteiger charge is -2.42. The van der Waals surface area contributed by atoms with Crippen LogP contribution in [0.15, 0.2) is 0 Å². The minimum absolute atomic E-state index is 0.0949. The van der Waals surface area contributed by atoms with Crippen molar-refractivity contribution >= 4 is 41.1 Å². The smallest absolute Gasteiger partial charge is 0.223 e. The van der Waals surface area contributed by atoms with Crippen molar-refractivity contribution in [3.63, 3.8) is 0 Å². The van der Waals surface area contributed by atoms with Crippen LogP contribution >= 0.6 is 0 Å². The van der Waals surface area contributed by atoms with Gasteiger partial charge in [0.1, 0.15) is 54.6 Å². The van der Waals surface area contributed by atoms with E-state index in [-0.39, 0.29) is 80.5 Å². The largest absolute Gasteiger partial charge is 0.394 e. The fourth-order valence-corrected chi connectivity index (χ4v) is 11.8. The molecule has 0 aromatic rings. The van der Waals surface area contributed by atoms with Gasteiger partial charge in [0.05, 0.1) is 38.1 Å². The van der Waals surface area contributed by atoms with E-state index in [0.717, 1.165) is 45.1 Å². The number of ketones is 2. The molecule has 0 aliphatic carbocycles. The van der Waals surface area contributed by atoms with Crippen molar-refractivity contribution in [2.75, 3.05) is 73.0 Å². The maximum Gasteiger partial charge on any atom is 0.223 e. The third kappa shape index (κ3) is 34.1. The van der Waals surface area contributed by atoms with Gasteiger partial charge in [0, 0.05) is 116 Å². The van der Waals surface area contributed by atoms with Gasteiger partial charge >= 0.3 is 0 Å². The number of carbonyl (C=O) groups excluding carboxylic acids is 7. The average Bonchev–Trinajstić information content (AvgIpc) is 0.900. The van der Waals surface area contributed by atoms with Crippen LogP contribution in [0, 0.1) is 17.8 Å². The summed E-state index contributed by atoms with van der Waals surface area (Å²) in [6, 6.07) is -1.99. The van der Waals surface area contributed by atoms with Crippen LogP contribution in [0.4, 0.5) is 0 Å². The number of rotatable bonds is 54. The minimum Gasteiger partial charge on any atom is -0.394 e. The van der Waals surface area contributed by atoms with E-state index >= 15 is 0 Å². The molecule has 3 heterocycles. The van der Waals surface area contributed by atoms with Gasteiger partial charge in [-0.1, -0.05) is 65.2 Å². The van der Waals surface area contributed by atoms with Gasteiger partial charge < -0.3 is 106 Å². The first-order valence-electron chi connectivity index (χ1n) is 35.3. The van der Waals surface area contributed by atoms with Crippen molar-refractivity contribution in [3.05, 3.63) is 0 Å². The summed E-state index contributed by atoms with van der Waals surface area (Å²) in [5, 5.41) is 105. The molecule has 0 radical (unpaired) electrons. The molecule has 0 saturated carbocycles. The number of hydrogen-bond donors (Lipinski definition) is 14. The fourth-order valence-electron chi connectivity index (χ4n) is 11.8. The van der Waals surface area contributed by atoms with Crippen LogP contribution in [0.1, 0.15) is 207 Å². The summed E-state index contributed by atoms with van der Waals surface area (Å²) in [7, 11) is 1.69. The molecule has 3 saturated heterocycles. The summed E-state index contributed by atoms with van der Waals surface area (Å²) in [5.74, 6) is -3.36. The summed E-state index contributed by atoms with van der Waals surface area (Å²) in [4.78, 5) is 92.0. The van der Waals surface area contributed by atoms with Crippen LogP contribution in [0.3, 0.4) is 0 Å². The van der Waals surface area contributed by atoms with Crippen LogP contribution in [-0.2, 0) is 66.7 Å². The molecule has 0 aromatic carbocycles. The Labute approximate surface area is 562 Å². The zero-order valence-electron chi connectivity index (χ0n) is 57.1. The Hall–Kier alpha value is -3.95. The Morgan fingerprint density at radius 2 is 0.821 bits per heavy atom. The van der Waals surface area contributed by atoms with Gasteiger partial charge in [-0.3, -0.25) is 33.6 Å². The van der Waals surface area contributed by atoms with Crippen molar-refractivity contribution in [1.29, 1.82) is 0 Å². The van der Waals surface area contributed by atoms with Gasteiger partial charge in [-0.15, -0.1) is 0 Å². The monoisotopic (exact) mass is 1360 g/mol. The highest BCUT2D eigenvalue weighted by Gasteiger charge is 2.46. The molecule has 0 bridgehead atoms. The van der Waals surface area contributed by atoms with Crippen molar-refractivity contribution < 1.29 is 113 Å². The number of ether oxygens (including phenoxy) is 7. The molecule has 95 heavy (non-hydrogen) atoms. The Bertz CT molecular complexity index is 2130. The van der Waals surface area contributed by atoms with E-state index in [2.05, 4.69) is 26.6 Å². The summed E-state index contributed by atoms with van der Waals surface area (Å²) in [5.41, 5.74) is 0. The zero-order valence-corrected chi connectivity index (χ0v) is 57.1. The van der Waals surface area contributed by atoms with Gasteiger partial charge in [0.2, 0.25) is 29.5 Å². The third-order valence-corrected chi connectivity index (χ3v) is 17.9.